The summed E-state index contributed by atoms with van der Waals surface area (Å²) < 4.78 is 39.1. The zero-order chi connectivity index (χ0) is 12.8. The van der Waals surface area contributed by atoms with Crippen molar-refractivity contribution in [2.24, 2.45) is 0 Å². The van der Waals surface area contributed by atoms with Crippen molar-refractivity contribution in [2.45, 2.75) is 20.3 Å². The number of nitrogens with one attached hydrogen (secondary N) is 1. The van der Waals surface area contributed by atoms with Crippen molar-refractivity contribution in [2.75, 3.05) is 13.1 Å². The van der Waals surface area contributed by atoms with Gasteiger partial charge in [0, 0.05) is 18.2 Å². The maximum atomic E-state index is 13.4. The maximum Gasteiger partial charge on any atom is 0.161 e. The van der Waals surface area contributed by atoms with Crippen molar-refractivity contribution in [3.05, 3.63) is 40.7 Å². The molecule has 0 saturated carbocycles. The van der Waals surface area contributed by atoms with E-state index in [1.165, 1.54) is 0 Å². The van der Waals surface area contributed by atoms with Gasteiger partial charge in [-0.1, -0.05) is 25.5 Å². The molecule has 0 bridgehead atoms. The van der Waals surface area contributed by atoms with Crippen molar-refractivity contribution in [3.63, 3.8) is 0 Å². The van der Waals surface area contributed by atoms with Gasteiger partial charge in [-0.25, -0.2) is 13.2 Å². The summed E-state index contributed by atoms with van der Waals surface area (Å²) in [7, 11) is 0. The topological polar surface area (TPSA) is 12.0 Å². The molecule has 0 aliphatic rings. The van der Waals surface area contributed by atoms with Crippen molar-refractivity contribution in [3.8, 4) is 0 Å². The van der Waals surface area contributed by atoms with E-state index in [4.69, 9.17) is 0 Å². The second-order valence-corrected chi connectivity index (χ2v) is 3.72. The van der Waals surface area contributed by atoms with Crippen molar-refractivity contribution in [1.82, 2.24) is 5.32 Å². The molecule has 0 spiro atoms. The molecular formula is C13H16F3N. The molecule has 0 fully saturated rings. The smallest absolute Gasteiger partial charge is 0.161 e. The molecule has 0 aliphatic heterocycles. The average molecular weight is 243 g/mol. The first-order chi connectivity index (χ1) is 8.08. The minimum Gasteiger partial charge on any atom is -0.313 e. The molecule has 0 aliphatic carbocycles. The third kappa shape index (κ3) is 3.89. The molecule has 0 atom stereocenters. The predicted molar refractivity (Wildman–Crippen MR) is 63.1 cm³/mol. The molecule has 0 heterocycles. The van der Waals surface area contributed by atoms with Crippen LogP contribution >= 0.6 is 0 Å². The van der Waals surface area contributed by atoms with Gasteiger partial charge in [0.25, 0.3) is 0 Å². The van der Waals surface area contributed by atoms with E-state index >= 15 is 0 Å². The first-order valence-electron chi connectivity index (χ1n) is 5.63. The Morgan fingerprint density at radius 2 is 1.76 bits per heavy atom. The predicted octanol–water partition coefficient (Wildman–Crippen LogP) is 3.51. The van der Waals surface area contributed by atoms with E-state index in [1.54, 1.807) is 6.08 Å². The highest BCUT2D eigenvalue weighted by molar-refractivity contribution is 5.54. The van der Waals surface area contributed by atoms with Crippen LogP contribution in [0.15, 0.2) is 17.7 Å². The molecule has 1 aromatic carbocycles. The monoisotopic (exact) mass is 243 g/mol. The van der Waals surface area contributed by atoms with Crippen LogP contribution in [0.3, 0.4) is 0 Å². The van der Waals surface area contributed by atoms with E-state index in [1.807, 2.05) is 13.8 Å². The average Bonchev–Trinajstić information content (AvgIpc) is 2.30. The summed E-state index contributed by atoms with van der Waals surface area (Å²) in [6.07, 6.45) is 2.28. The van der Waals surface area contributed by atoms with Crippen LogP contribution in [0.5, 0.6) is 0 Å². The Bertz CT molecular complexity index is 413. The largest absolute Gasteiger partial charge is 0.313 e. The van der Waals surface area contributed by atoms with Gasteiger partial charge in [0.1, 0.15) is 5.82 Å². The fourth-order valence-corrected chi connectivity index (χ4v) is 1.43. The summed E-state index contributed by atoms with van der Waals surface area (Å²) in [6, 6.07) is 1.45. The van der Waals surface area contributed by atoms with E-state index in [2.05, 4.69) is 5.32 Å². The van der Waals surface area contributed by atoms with Crippen LogP contribution in [0.25, 0.3) is 6.08 Å². The summed E-state index contributed by atoms with van der Waals surface area (Å²) in [6.45, 7) is 5.31. The molecule has 0 saturated heterocycles. The summed E-state index contributed by atoms with van der Waals surface area (Å²) >= 11 is 0. The zero-order valence-corrected chi connectivity index (χ0v) is 9.99. The lowest BCUT2D eigenvalue weighted by atomic mass is 10.1. The normalized spacial score (nSPS) is 11.9. The molecule has 17 heavy (non-hydrogen) atoms. The Morgan fingerprint density at radius 1 is 1.12 bits per heavy atom. The van der Waals surface area contributed by atoms with Crippen LogP contribution in [-0.2, 0) is 0 Å². The fourth-order valence-electron chi connectivity index (χ4n) is 1.43. The quantitative estimate of drug-likeness (QED) is 0.780. The lowest BCUT2D eigenvalue weighted by Gasteiger charge is -2.06. The van der Waals surface area contributed by atoms with Crippen LogP contribution in [-0.4, -0.2) is 13.1 Å². The minimum absolute atomic E-state index is 0.0821. The Morgan fingerprint density at radius 3 is 2.35 bits per heavy atom. The van der Waals surface area contributed by atoms with E-state index < -0.39 is 17.5 Å². The fraction of sp³-hybridized carbons (Fsp3) is 0.385. The van der Waals surface area contributed by atoms with Gasteiger partial charge in [0.05, 0.1) is 0 Å². The van der Waals surface area contributed by atoms with Crippen LogP contribution < -0.4 is 5.32 Å². The highest BCUT2D eigenvalue weighted by Crippen LogP contribution is 2.17. The molecule has 0 amide bonds. The van der Waals surface area contributed by atoms with Crippen LogP contribution in [0.2, 0.25) is 0 Å². The van der Waals surface area contributed by atoms with Crippen LogP contribution in [0.4, 0.5) is 13.2 Å². The van der Waals surface area contributed by atoms with Gasteiger partial charge in [0.15, 0.2) is 11.6 Å². The molecule has 1 aromatic rings. The van der Waals surface area contributed by atoms with Gasteiger partial charge in [-0.05, 0) is 19.0 Å². The SMILES string of the molecule is CCNC/C(=C/c1cc(F)c(F)cc1F)CC. The third-order valence-electron chi connectivity index (χ3n) is 2.46. The summed E-state index contributed by atoms with van der Waals surface area (Å²) in [5.41, 5.74) is 1.02. The Hall–Kier alpha value is -1.29. The number of likely N-dealkylation sites (N-methyl/N-ethyl adjacent to an activating group) is 1. The molecule has 0 unspecified atom stereocenters. The molecule has 4 heteroatoms. The minimum atomic E-state index is -1.16. The van der Waals surface area contributed by atoms with Gasteiger partial charge in [0.2, 0.25) is 0 Å². The Kier molecular flexibility index (Phi) is 5.22. The van der Waals surface area contributed by atoms with Crippen molar-refractivity contribution < 1.29 is 13.2 Å². The van der Waals surface area contributed by atoms with Crippen molar-refractivity contribution >= 4 is 6.08 Å². The number of hydrogen-bond acceptors (Lipinski definition) is 1. The van der Waals surface area contributed by atoms with E-state index in [-0.39, 0.29) is 5.56 Å². The van der Waals surface area contributed by atoms with Crippen molar-refractivity contribution in [1.29, 1.82) is 0 Å². The number of benzene rings is 1. The standard InChI is InChI=1S/C13H16F3N/c1-3-9(8-17-4-2)5-10-6-12(15)13(16)7-11(10)14/h5-7,17H,3-4,8H2,1-2H3/b9-5+. The molecule has 1 nitrogen and oxygen atoms in total. The maximum absolute atomic E-state index is 13.4. The van der Waals surface area contributed by atoms with E-state index in [9.17, 15) is 13.2 Å². The molecule has 1 N–H and O–H groups in total. The first-order valence-corrected chi connectivity index (χ1v) is 5.63. The second-order valence-electron chi connectivity index (χ2n) is 3.72. The summed E-state index contributed by atoms with van der Waals surface area (Å²) in [4.78, 5) is 0. The molecular weight excluding hydrogens is 227 g/mol. The second kappa shape index (κ2) is 6.45. The van der Waals surface area contributed by atoms with Crippen LogP contribution in [0, 0.1) is 17.5 Å². The Balaban J connectivity index is 2.98. The van der Waals surface area contributed by atoms with Gasteiger partial charge in [-0.2, -0.15) is 0 Å². The summed E-state index contributed by atoms with van der Waals surface area (Å²) in [5, 5.41) is 3.11. The van der Waals surface area contributed by atoms with Gasteiger partial charge in [-0.3, -0.25) is 0 Å². The van der Waals surface area contributed by atoms with Gasteiger partial charge >= 0.3 is 0 Å². The zero-order valence-electron chi connectivity index (χ0n) is 9.99. The Labute approximate surface area is 99.3 Å². The van der Waals surface area contributed by atoms with Gasteiger partial charge < -0.3 is 5.32 Å². The molecule has 1 rings (SSSR count). The van der Waals surface area contributed by atoms with Gasteiger partial charge in [-0.15, -0.1) is 0 Å². The van der Waals surface area contributed by atoms with Crippen LogP contribution in [0.1, 0.15) is 25.8 Å². The molecule has 0 aromatic heterocycles. The highest BCUT2D eigenvalue weighted by Gasteiger charge is 2.08. The van der Waals surface area contributed by atoms with E-state index in [0.29, 0.717) is 12.6 Å². The number of halogens is 3. The highest BCUT2D eigenvalue weighted by atomic mass is 19.2. The summed E-state index contributed by atoms with van der Waals surface area (Å²) in [5.74, 6) is -2.94. The lowest BCUT2D eigenvalue weighted by Crippen LogP contribution is -2.15. The number of hydrogen-bond donors (Lipinski definition) is 1. The first kappa shape index (κ1) is 13.8. The third-order valence-corrected chi connectivity index (χ3v) is 2.46. The molecule has 94 valence electrons. The lowest BCUT2D eigenvalue weighted by molar-refractivity contribution is 0.494. The van der Waals surface area contributed by atoms with E-state index in [0.717, 1.165) is 24.6 Å². The number of rotatable bonds is 5. The molecule has 0 radical (unpaired) electrons.